The van der Waals surface area contributed by atoms with Crippen molar-refractivity contribution < 1.29 is 15.0 Å². The Kier molecular flexibility index (Phi) is 8.90. The van der Waals surface area contributed by atoms with Gasteiger partial charge in [0.15, 0.2) is 0 Å². The summed E-state index contributed by atoms with van der Waals surface area (Å²) in [4.78, 5) is 10.2. The fraction of sp³-hybridized carbons (Fsp3) is 0.750. The van der Waals surface area contributed by atoms with Crippen molar-refractivity contribution >= 4 is 5.97 Å². The van der Waals surface area contributed by atoms with E-state index in [1.165, 1.54) is 19.3 Å². The lowest BCUT2D eigenvalue weighted by atomic mass is 10.1. The van der Waals surface area contributed by atoms with E-state index in [0.29, 0.717) is 0 Å². The van der Waals surface area contributed by atoms with E-state index in [1.54, 1.807) is 0 Å². The summed E-state index contributed by atoms with van der Waals surface area (Å²) < 4.78 is 0. The molecule has 0 aromatic rings. The molecule has 1 atom stereocenters. The molecule has 0 bridgehead atoms. The first-order valence-electron chi connectivity index (χ1n) is 5.55. The van der Waals surface area contributed by atoms with Crippen molar-refractivity contribution in [1.29, 1.82) is 0 Å². The number of hydrogen-bond acceptors (Lipinski definition) is 2. The van der Waals surface area contributed by atoms with Crippen LogP contribution in [0.4, 0.5) is 0 Å². The summed E-state index contributed by atoms with van der Waals surface area (Å²) in [6.07, 6.45) is 4.88. The average Bonchev–Trinajstić information content (AvgIpc) is 2.20. The maximum Gasteiger partial charge on any atom is 0.303 e. The van der Waals surface area contributed by atoms with Gasteiger partial charge in [-0.05, 0) is 12.8 Å². The minimum Gasteiger partial charge on any atom is -0.481 e. The molecule has 0 radical (unpaired) electrons. The van der Waals surface area contributed by atoms with Crippen LogP contribution in [0, 0.1) is 11.8 Å². The molecule has 0 aliphatic heterocycles. The Balaban J connectivity index is 3.45. The van der Waals surface area contributed by atoms with Gasteiger partial charge >= 0.3 is 5.97 Å². The highest BCUT2D eigenvalue weighted by Gasteiger charge is 2.02. The lowest BCUT2D eigenvalue weighted by Gasteiger charge is -1.98. The summed E-state index contributed by atoms with van der Waals surface area (Å²) in [5.74, 6) is 4.64. The first kappa shape index (κ1) is 14.0. The molecule has 1 unspecified atom stereocenters. The zero-order valence-electron chi connectivity index (χ0n) is 9.33. The molecule has 0 saturated carbocycles. The van der Waals surface area contributed by atoms with Gasteiger partial charge in [-0.2, -0.15) is 0 Å². The Bertz CT molecular complexity index is 225. The second-order valence-electron chi connectivity index (χ2n) is 3.58. The smallest absolute Gasteiger partial charge is 0.303 e. The van der Waals surface area contributed by atoms with E-state index in [1.807, 2.05) is 0 Å². The third-order valence-electron chi connectivity index (χ3n) is 2.06. The molecule has 0 rings (SSSR count). The van der Waals surface area contributed by atoms with Crippen LogP contribution in [0.15, 0.2) is 0 Å². The van der Waals surface area contributed by atoms with Gasteiger partial charge in [0.1, 0.15) is 6.10 Å². The minimum absolute atomic E-state index is 0.0221. The fourth-order valence-electron chi connectivity index (χ4n) is 1.16. The maximum atomic E-state index is 10.2. The van der Waals surface area contributed by atoms with Crippen LogP contribution in [0.1, 0.15) is 51.9 Å². The van der Waals surface area contributed by atoms with E-state index in [2.05, 4.69) is 18.8 Å². The van der Waals surface area contributed by atoms with Gasteiger partial charge in [0.25, 0.3) is 0 Å². The first-order valence-corrected chi connectivity index (χ1v) is 5.55. The third-order valence-corrected chi connectivity index (χ3v) is 2.06. The molecule has 0 heterocycles. The van der Waals surface area contributed by atoms with Gasteiger partial charge in [-0.15, -0.1) is 5.92 Å². The van der Waals surface area contributed by atoms with Crippen molar-refractivity contribution in [1.82, 2.24) is 0 Å². The summed E-state index contributed by atoms with van der Waals surface area (Å²) in [5, 5.41) is 17.6. The van der Waals surface area contributed by atoms with Gasteiger partial charge in [-0.25, -0.2) is 0 Å². The minimum atomic E-state index is -0.890. The second-order valence-corrected chi connectivity index (χ2v) is 3.58. The monoisotopic (exact) mass is 212 g/mol. The summed E-state index contributed by atoms with van der Waals surface area (Å²) in [7, 11) is 0. The van der Waals surface area contributed by atoms with Crippen LogP contribution >= 0.6 is 0 Å². The standard InChI is InChI=1S/C12H20O3/c1-2-3-4-5-6-7-8-11(13)9-10-12(14)15/h11,13H,2-6,9-10H2,1H3,(H,14,15). The lowest BCUT2D eigenvalue weighted by Crippen LogP contribution is -2.06. The number of carboxylic acids is 1. The number of hydrogen-bond donors (Lipinski definition) is 2. The number of aliphatic hydroxyl groups excluding tert-OH is 1. The third kappa shape index (κ3) is 10.9. The molecule has 0 aliphatic carbocycles. The van der Waals surface area contributed by atoms with Crippen LogP contribution < -0.4 is 0 Å². The molecule has 0 amide bonds. The summed E-state index contributed by atoms with van der Waals surface area (Å²) in [6.45, 7) is 2.15. The summed E-state index contributed by atoms with van der Waals surface area (Å²) in [5.41, 5.74) is 0. The average molecular weight is 212 g/mol. The molecule has 0 spiro atoms. The topological polar surface area (TPSA) is 57.5 Å². The molecule has 3 nitrogen and oxygen atoms in total. The van der Waals surface area contributed by atoms with Gasteiger partial charge in [-0.3, -0.25) is 4.79 Å². The highest BCUT2D eigenvalue weighted by molar-refractivity contribution is 5.66. The number of unbranched alkanes of at least 4 members (excludes halogenated alkanes) is 4. The predicted octanol–water partition coefficient (Wildman–Crippen LogP) is 2.19. The van der Waals surface area contributed by atoms with Crippen LogP contribution in [0.25, 0.3) is 0 Å². The van der Waals surface area contributed by atoms with Crippen LogP contribution in [-0.2, 0) is 4.79 Å². The van der Waals surface area contributed by atoms with E-state index >= 15 is 0 Å². The Hall–Kier alpha value is -1.01. The number of rotatable bonds is 7. The van der Waals surface area contributed by atoms with Crippen LogP contribution in [-0.4, -0.2) is 22.3 Å². The molecule has 0 saturated heterocycles. The zero-order valence-corrected chi connectivity index (χ0v) is 9.33. The van der Waals surface area contributed by atoms with E-state index < -0.39 is 12.1 Å². The lowest BCUT2D eigenvalue weighted by molar-refractivity contribution is -0.137. The van der Waals surface area contributed by atoms with E-state index in [-0.39, 0.29) is 12.8 Å². The van der Waals surface area contributed by atoms with Gasteiger partial charge in [0, 0.05) is 12.8 Å². The first-order chi connectivity index (χ1) is 7.16. The molecule has 0 aliphatic rings. The van der Waals surface area contributed by atoms with Crippen molar-refractivity contribution in [2.45, 2.75) is 58.0 Å². The molecule has 86 valence electrons. The highest BCUT2D eigenvalue weighted by atomic mass is 16.4. The predicted molar refractivity (Wildman–Crippen MR) is 59.4 cm³/mol. The van der Waals surface area contributed by atoms with E-state index in [4.69, 9.17) is 5.11 Å². The Morgan fingerprint density at radius 1 is 1.33 bits per heavy atom. The number of aliphatic hydroxyl groups is 1. The fourth-order valence-corrected chi connectivity index (χ4v) is 1.16. The van der Waals surface area contributed by atoms with Gasteiger partial charge in [0.05, 0.1) is 0 Å². The summed E-state index contributed by atoms with van der Waals surface area (Å²) in [6, 6.07) is 0. The number of carbonyl (C=O) groups is 1. The Labute approximate surface area is 91.5 Å². The zero-order chi connectivity index (χ0) is 11.5. The summed E-state index contributed by atoms with van der Waals surface area (Å²) >= 11 is 0. The van der Waals surface area contributed by atoms with E-state index in [0.717, 1.165) is 12.8 Å². The highest BCUT2D eigenvalue weighted by Crippen LogP contribution is 2.01. The molecule has 0 aromatic carbocycles. The number of aliphatic carboxylic acids is 1. The van der Waals surface area contributed by atoms with Crippen LogP contribution in [0.5, 0.6) is 0 Å². The van der Waals surface area contributed by atoms with Crippen molar-refractivity contribution in [2.75, 3.05) is 0 Å². The van der Waals surface area contributed by atoms with Crippen molar-refractivity contribution in [3.05, 3.63) is 0 Å². The van der Waals surface area contributed by atoms with Gasteiger partial charge in [0.2, 0.25) is 0 Å². The molecule has 2 N–H and O–H groups in total. The Morgan fingerprint density at radius 2 is 2.07 bits per heavy atom. The van der Waals surface area contributed by atoms with Crippen molar-refractivity contribution in [2.24, 2.45) is 0 Å². The van der Waals surface area contributed by atoms with Crippen LogP contribution in [0.2, 0.25) is 0 Å². The molecule has 0 aromatic heterocycles. The molecule has 0 fully saturated rings. The Morgan fingerprint density at radius 3 is 2.67 bits per heavy atom. The van der Waals surface area contributed by atoms with Crippen molar-refractivity contribution in [3.63, 3.8) is 0 Å². The molecule has 3 heteroatoms. The quantitative estimate of drug-likeness (QED) is 0.502. The van der Waals surface area contributed by atoms with Crippen LogP contribution in [0.3, 0.4) is 0 Å². The SMILES string of the molecule is CCCCCCC#CC(O)CCC(=O)O. The molecular weight excluding hydrogens is 192 g/mol. The second kappa shape index (κ2) is 9.54. The molecule has 15 heavy (non-hydrogen) atoms. The maximum absolute atomic E-state index is 10.2. The normalized spacial score (nSPS) is 11.6. The van der Waals surface area contributed by atoms with Gasteiger partial charge < -0.3 is 10.2 Å². The van der Waals surface area contributed by atoms with Crippen molar-refractivity contribution in [3.8, 4) is 11.8 Å². The molecular formula is C12H20O3. The van der Waals surface area contributed by atoms with Gasteiger partial charge in [-0.1, -0.05) is 32.1 Å². The number of carboxylic acid groups (broad SMARTS) is 1. The largest absolute Gasteiger partial charge is 0.481 e. The van der Waals surface area contributed by atoms with E-state index in [9.17, 15) is 9.90 Å².